The van der Waals surface area contributed by atoms with E-state index < -0.39 is 0 Å². The van der Waals surface area contributed by atoms with Gasteiger partial charge in [0.05, 0.1) is 7.11 Å². The van der Waals surface area contributed by atoms with Crippen molar-refractivity contribution in [2.45, 2.75) is 38.1 Å². The fourth-order valence-electron chi connectivity index (χ4n) is 1.48. The molecule has 0 spiro atoms. The van der Waals surface area contributed by atoms with Gasteiger partial charge in [-0.05, 0) is 20.3 Å². The first-order valence-corrected chi connectivity index (χ1v) is 6.23. The Bertz CT molecular complexity index is 344. The summed E-state index contributed by atoms with van der Waals surface area (Å²) in [5.41, 5.74) is 0.897. The molecule has 0 amide bonds. The molecule has 1 heterocycles. The molecule has 4 nitrogen and oxygen atoms in total. The van der Waals surface area contributed by atoms with Crippen LogP contribution in [0.2, 0.25) is 0 Å². The van der Waals surface area contributed by atoms with Gasteiger partial charge in [0.2, 0.25) is 11.8 Å². The molecule has 0 saturated carbocycles. The molecule has 0 aromatic carbocycles. The smallest absolute Gasteiger partial charge is 0.226 e. The Morgan fingerprint density at radius 2 is 2.12 bits per heavy atom. The fraction of sp³-hybridized carbons (Fsp3) is 0.636. The van der Waals surface area contributed by atoms with Crippen LogP contribution in [-0.4, -0.2) is 27.9 Å². The van der Waals surface area contributed by atoms with Crippen molar-refractivity contribution >= 4 is 21.9 Å². The van der Waals surface area contributed by atoms with Crippen LogP contribution in [0.4, 0.5) is 5.95 Å². The highest BCUT2D eigenvalue weighted by molar-refractivity contribution is 9.09. The van der Waals surface area contributed by atoms with Gasteiger partial charge in [-0.1, -0.05) is 22.9 Å². The van der Waals surface area contributed by atoms with Crippen molar-refractivity contribution in [2.24, 2.45) is 0 Å². The Kier molecular flexibility index (Phi) is 4.99. The summed E-state index contributed by atoms with van der Waals surface area (Å²) in [5.74, 6) is 1.21. The van der Waals surface area contributed by atoms with E-state index >= 15 is 0 Å². The predicted molar refractivity (Wildman–Crippen MR) is 69.4 cm³/mol. The number of hydrogen-bond donors (Lipinski definition) is 1. The summed E-state index contributed by atoms with van der Waals surface area (Å²) in [6.07, 6.45) is 1.01. The first kappa shape index (κ1) is 13.2. The summed E-state index contributed by atoms with van der Waals surface area (Å²) in [4.78, 5) is 9.02. The largest absolute Gasteiger partial charge is 0.481 e. The van der Waals surface area contributed by atoms with Crippen molar-refractivity contribution < 1.29 is 4.74 Å². The maximum Gasteiger partial charge on any atom is 0.226 e. The van der Waals surface area contributed by atoms with Gasteiger partial charge in [0.25, 0.3) is 0 Å². The molecule has 2 atom stereocenters. The summed E-state index contributed by atoms with van der Waals surface area (Å²) in [5, 5.41) is 3.26. The average molecular weight is 288 g/mol. The zero-order valence-electron chi connectivity index (χ0n) is 10.1. The van der Waals surface area contributed by atoms with E-state index in [2.05, 4.69) is 45.1 Å². The minimum atomic E-state index is 0.320. The second-order valence-electron chi connectivity index (χ2n) is 3.94. The number of halogens is 1. The van der Waals surface area contributed by atoms with Crippen LogP contribution in [0, 0.1) is 6.92 Å². The number of alkyl halides is 1. The van der Waals surface area contributed by atoms with Crippen LogP contribution in [0.1, 0.15) is 26.0 Å². The zero-order valence-corrected chi connectivity index (χ0v) is 11.7. The van der Waals surface area contributed by atoms with Gasteiger partial charge in [-0.2, -0.15) is 4.98 Å². The van der Waals surface area contributed by atoms with Crippen molar-refractivity contribution in [3.05, 3.63) is 11.8 Å². The molecule has 0 saturated heterocycles. The molecule has 16 heavy (non-hydrogen) atoms. The molecule has 1 aromatic heterocycles. The highest BCUT2D eigenvalue weighted by Gasteiger charge is 2.08. The molecule has 0 fully saturated rings. The predicted octanol–water partition coefficient (Wildman–Crippen LogP) is 2.77. The molecule has 5 heteroatoms. The number of hydrogen-bond acceptors (Lipinski definition) is 4. The van der Waals surface area contributed by atoms with Gasteiger partial charge in [0.1, 0.15) is 0 Å². The van der Waals surface area contributed by atoms with E-state index in [1.54, 1.807) is 7.11 Å². The minimum Gasteiger partial charge on any atom is -0.481 e. The molecule has 1 N–H and O–H groups in total. The van der Waals surface area contributed by atoms with Gasteiger partial charge in [0.15, 0.2) is 0 Å². The summed E-state index contributed by atoms with van der Waals surface area (Å²) in [7, 11) is 1.61. The lowest BCUT2D eigenvalue weighted by atomic mass is 10.2. The van der Waals surface area contributed by atoms with Crippen LogP contribution < -0.4 is 10.1 Å². The van der Waals surface area contributed by atoms with Crippen molar-refractivity contribution in [3.63, 3.8) is 0 Å². The van der Waals surface area contributed by atoms with Gasteiger partial charge in [0, 0.05) is 22.6 Å². The van der Waals surface area contributed by atoms with E-state index in [9.17, 15) is 0 Å². The normalized spacial score (nSPS) is 14.3. The maximum absolute atomic E-state index is 5.10. The third kappa shape index (κ3) is 4.35. The Labute approximate surface area is 105 Å². The maximum atomic E-state index is 5.10. The number of nitrogens with one attached hydrogen (secondary N) is 1. The highest BCUT2D eigenvalue weighted by Crippen LogP contribution is 2.14. The first-order valence-electron chi connectivity index (χ1n) is 5.31. The van der Waals surface area contributed by atoms with Gasteiger partial charge in [-0.25, -0.2) is 4.98 Å². The van der Waals surface area contributed by atoms with E-state index in [-0.39, 0.29) is 0 Å². The molecule has 2 unspecified atom stereocenters. The van der Waals surface area contributed by atoms with Crippen molar-refractivity contribution in [1.29, 1.82) is 0 Å². The van der Waals surface area contributed by atoms with E-state index in [1.807, 2.05) is 13.0 Å². The van der Waals surface area contributed by atoms with Crippen LogP contribution >= 0.6 is 15.9 Å². The molecule has 0 radical (unpaired) electrons. The van der Waals surface area contributed by atoms with Crippen LogP contribution in [-0.2, 0) is 0 Å². The number of methoxy groups -OCH3 is 1. The number of anilines is 1. The quantitative estimate of drug-likeness (QED) is 0.846. The summed E-state index contributed by atoms with van der Waals surface area (Å²) < 4.78 is 5.10. The van der Waals surface area contributed by atoms with Crippen LogP contribution in [0.25, 0.3) is 0 Å². The second-order valence-corrected chi connectivity index (χ2v) is 5.50. The fourth-order valence-corrected chi connectivity index (χ4v) is 2.04. The summed E-state index contributed by atoms with van der Waals surface area (Å²) in [6, 6.07) is 2.13. The number of aromatic nitrogens is 2. The van der Waals surface area contributed by atoms with E-state index in [4.69, 9.17) is 4.74 Å². The van der Waals surface area contributed by atoms with Crippen molar-refractivity contribution in [1.82, 2.24) is 9.97 Å². The monoisotopic (exact) mass is 287 g/mol. The van der Waals surface area contributed by atoms with E-state index in [1.165, 1.54) is 0 Å². The van der Waals surface area contributed by atoms with Crippen LogP contribution in [0.3, 0.4) is 0 Å². The molecule has 1 rings (SSSR count). The molecule has 0 aliphatic rings. The van der Waals surface area contributed by atoms with Gasteiger partial charge < -0.3 is 10.1 Å². The summed E-state index contributed by atoms with van der Waals surface area (Å²) >= 11 is 3.53. The van der Waals surface area contributed by atoms with Gasteiger partial charge in [-0.3, -0.25) is 0 Å². The standard InChI is InChI=1S/C11H18BrN3O/c1-7(12)5-8(2)13-11-14-9(3)6-10(15-11)16-4/h6-8H,5H2,1-4H3,(H,13,14,15). The number of rotatable bonds is 5. The molecule has 0 aliphatic heterocycles. The lowest BCUT2D eigenvalue weighted by Gasteiger charge is -2.15. The SMILES string of the molecule is COc1cc(C)nc(NC(C)CC(C)Br)n1. The molecular weight excluding hydrogens is 270 g/mol. The molecule has 0 aliphatic carbocycles. The van der Waals surface area contributed by atoms with Gasteiger partial charge in [-0.15, -0.1) is 0 Å². The average Bonchev–Trinajstić information content (AvgIpc) is 2.14. The lowest BCUT2D eigenvalue weighted by Crippen LogP contribution is -2.20. The summed E-state index contributed by atoms with van der Waals surface area (Å²) in [6.45, 7) is 6.15. The Hall–Kier alpha value is -0.840. The molecule has 1 aromatic rings. The Morgan fingerprint density at radius 3 is 2.69 bits per heavy atom. The third-order valence-corrected chi connectivity index (χ3v) is 2.47. The number of aryl methyl sites for hydroxylation is 1. The van der Waals surface area contributed by atoms with Crippen LogP contribution in [0.5, 0.6) is 5.88 Å². The van der Waals surface area contributed by atoms with E-state index in [0.29, 0.717) is 22.7 Å². The topological polar surface area (TPSA) is 47.0 Å². The first-order chi connectivity index (χ1) is 7.51. The number of ether oxygens (including phenoxy) is 1. The molecular formula is C11H18BrN3O. The highest BCUT2D eigenvalue weighted by atomic mass is 79.9. The molecule has 0 bridgehead atoms. The molecule has 90 valence electrons. The lowest BCUT2D eigenvalue weighted by molar-refractivity contribution is 0.397. The minimum absolute atomic E-state index is 0.320. The van der Waals surface area contributed by atoms with Gasteiger partial charge >= 0.3 is 0 Å². The zero-order chi connectivity index (χ0) is 12.1. The van der Waals surface area contributed by atoms with Crippen LogP contribution in [0.15, 0.2) is 6.07 Å². The van der Waals surface area contributed by atoms with E-state index in [0.717, 1.165) is 12.1 Å². The van der Waals surface area contributed by atoms with Crippen molar-refractivity contribution in [3.8, 4) is 5.88 Å². The number of nitrogens with zero attached hydrogens (tertiary/aromatic N) is 2. The second kappa shape index (κ2) is 6.03. The third-order valence-electron chi connectivity index (χ3n) is 2.09. The Balaban J connectivity index is 2.69. The van der Waals surface area contributed by atoms with Crippen molar-refractivity contribution in [2.75, 3.05) is 12.4 Å². The Morgan fingerprint density at radius 1 is 1.44 bits per heavy atom.